The summed E-state index contributed by atoms with van der Waals surface area (Å²) in [4.78, 5) is 49.6. The minimum atomic E-state index is -0.465. The molecule has 4 aromatic heterocycles. The molecule has 0 saturated heterocycles. The molecule has 0 aliphatic heterocycles. The molecule has 11 heteroatoms. The van der Waals surface area contributed by atoms with Gasteiger partial charge in [0.2, 0.25) is 11.9 Å². The van der Waals surface area contributed by atoms with Gasteiger partial charge in [-0.05, 0) is 48.9 Å². The first-order valence-electron chi connectivity index (χ1n) is 10.7. The number of H-pyrrole nitrogens is 1. The van der Waals surface area contributed by atoms with Crippen LogP contribution in [0, 0.1) is 0 Å². The predicted molar refractivity (Wildman–Crippen MR) is 131 cm³/mol. The van der Waals surface area contributed by atoms with Gasteiger partial charge in [0.05, 0.1) is 26.9 Å². The summed E-state index contributed by atoms with van der Waals surface area (Å²) < 4.78 is 3.36. The Kier molecular flexibility index (Phi) is 5.46. The average Bonchev–Trinajstić information content (AvgIpc) is 3.51. The lowest BCUT2D eigenvalue weighted by atomic mass is 10.2. The number of aryl methyl sites for hydroxylation is 2. The van der Waals surface area contributed by atoms with E-state index in [1.165, 1.54) is 11.3 Å². The van der Waals surface area contributed by atoms with Crippen LogP contribution in [0.1, 0.15) is 23.0 Å². The van der Waals surface area contributed by atoms with Crippen molar-refractivity contribution in [1.82, 2.24) is 24.1 Å². The zero-order valence-corrected chi connectivity index (χ0v) is 19.1. The van der Waals surface area contributed by atoms with E-state index >= 15 is 0 Å². The Morgan fingerprint density at radius 2 is 1.91 bits per heavy atom. The number of aromatic amines is 1. The Balaban J connectivity index is 1.53. The number of carbonyl (C=O) groups excluding carboxylic acids is 2. The first kappa shape index (κ1) is 21.6. The van der Waals surface area contributed by atoms with Crippen LogP contribution in [0.5, 0.6) is 0 Å². The number of fused-ring (bicyclic) bond motifs is 2. The zero-order valence-electron chi connectivity index (χ0n) is 18.2. The molecule has 4 N–H and O–H groups in total. The molecule has 0 atom stereocenters. The van der Waals surface area contributed by atoms with Crippen molar-refractivity contribution in [1.29, 1.82) is 0 Å². The van der Waals surface area contributed by atoms with E-state index in [9.17, 15) is 14.4 Å². The van der Waals surface area contributed by atoms with Crippen molar-refractivity contribution in [3.05, 3.63) is 64.2 Å². The van der Waals surface area contributed by atoms with Crippen molar-refractivity contribution >= 4 is 51.2 Å². The molecule has 172 valence electrons. The Bertz CT molecular complexity index is 1590. The number of nitrogens with two attached hydrogens (primary N) is 1. The maximum atomic E-state index is 13.0. The summed E-state index contributed by atoms with van der Waals surface area (Å²) in [5.74, 6) is -0.470. The van der Waals surface area contributed by atoms with Gasteiger partial charge in [-0.1, -0.05) is 0 Å². The average molecular weight is 476 g/mol. The van der Waals surface area contributed by atoms with Crippen molar-refractivity contribution in [3.63, 3.8) is 0 Å². The van der Waals surface area contributed by atoms with E-state index in [1.54, 1.807) is 33.7 Å². The van der Waals surface area contributed by atoms with Gasteiger partial charge in [0.1, 0.15) is 0 Å². The van der Waals surface area contributed by atoms with Gasteiger partial charge >= 0.3 is 5.69 Å². The van der Waals surface area contributed by atoms with E-state index in [2.05, 4.69) is 20.3 Å². The van der Waals surface area contributed by atoms with Crippen LogP contribution in [0.15, 0.2) is 53.6 Å². The smallest absolute Gasteiger partial charge is 0.326 e. The van der Waals surface area contributed by atoms with Crippen LogP contribution in [-0.2, 0) is 17.9 Å². The normalized spacial score (nSPS) is 11.3. The first-order valence-corrected chi connectivity index (χ1v) is 11.5. The highest BCUT2D eigenvalue weighted by molar-refractivity contribution is 7.17. The highest BCUT2D eigenvalue weighted by Crippen LogP contribution is 2.29. The second-order valence-corrected chi connectivity index (χ2v) is 8.77. The van der Waals surface area contributed by atoms with E-state index < -0.39 is 5.91 Å². The molecule has 0 radical (unpaired) electrons. The lowest BCUT2D eigenvalue weighted by Crippen LogP contribution is -2.18. The number of hydrogen-bond donors (Lipinski definition) is 3. The number of amides is 2. The third-order valence-electron chi connectivity index (χ3n) is 5.56. The fourth-order valence-electron chi connectivity index (χ4n) is 3.93. The molecule has 5 rings (SSSR count). The quantitative estimate of drug-likeness (QED) is 0.332. The third kappa shape index (κ3) is 3.86. The third-order valence-corrected chi connectivity index (χ3v) is 6.69. The van der Waals surface area contributed by atoms with Crippen molar-refractivity contribution in [3.8, 4) is 10.4 Å². The van der Waals surface area contributed by atoms with Crippen molar-refractivity contribution in [2.75, 3.05) is 5.32 Å². The van der Waals surface area contributed by atoms with E-state index in [0.717, 1.165) is 16.0 Å². The van der Waals surface area contributed by atoms with Crippen LogP contribution in [0.3, 0.4) is 0 Å². The van der Waals surface area contributed by atoms with E-state index in [0.29, 0.717) is 33.9 Å². The Morgan fingerprint density at radius 3 is 2.65 bits per heavy atom. The molecule has 0 aliphatic carbocycles. The number of thiophene rings is 1. The predicted octanol–water partition coefficient (Wildman–Crippen LogP) is 2.95. The SMILES string of the molecule is CCn1c(=O)[nH]c2cc3nc(NC(=O)c4ccc(-c5ccncc5)s4)n(CCC(N)=O)c3cc21. The van der Waals surface area contributed by atoms with Crippen LogP contribution in [-0.4, -0.2) is 35.9 Å². The number of aromatic nitrogens is 5. The molecule has 5 aromatic rings. The van der Waals surface area contributed by atoms with Crippen molar-refractivity contribution < 1.29 is 9.59 Å². The fraction of sp³-hybridized carbons (Fsp3) is 0.174. The van der Waals surface area contributed by atoms with Gasteiger partial charge in [-0.3, -0.25) is 24.5 Å². The molecule has 0 unspecified atom stereocenters. The molecule has 1 aromatic carbocycles. The van der Waals surface area contributed by atoms with Crippen LogP contribution < -0.4 is 16.7 Å². The molecule has 34 heavy (non-hydrogen) atoms. The summed E-state index contributed by atoms with van der Waals surface area (Å²) in [7, 11) is 0. The molecule has 10 nitrogen and oxygen atoms in total. The van der Waals surface area contributed by atoms with Gasteiger partial charge in [0.15, 0.2) is 0 Å². The molecule has 0 spiro atoms. The number of imidazole rings is 2. The van der Waals surface area contributed by atoms with Crippen LogP contribution in [0.4, 0.5) is 5.95 Å². The second kappa shape index (κ2) is 8.60. The van der Waals surface area contributed by atoms with E-state index in [-0.39, 0.29) is 24.6 Å². The molecule has 2 amide bonds. The number of hydrogen-bond acceptors (Lipinski definition) is 6. The van der Waals surface area contributed by atoms with E-state index in [1.807, 2.05) is 31.2 Å². The number of primary amides is 1. The number of rotatable bonds is 7. The van der Waals surface area contributed by atoms with Gasteiger partial charge in [-0.2, -0.15) is 0 Å². The zero-order chi connectivity index (χ0) is 23.8. The summed E-state index contributed by atoms with van der Waals surface area (Å²) >= 11 is 1.36. The minimum Gasteiger partial charge on any atom is -0.370 e. The summed E-state index contributed by atoms with van der Waals surface area (Å²) in [6.45, 7) is 2.62. The highest BCUT2D eigenvalue weighted by atomic mass is 32.1. The summed E-state index contributed by atoms with van der Waals surface area (Å²) in [6, 6.07) is 11.0. The first-order chi connectivity index (χ1) is 16.4. The van der Waals surface area contributed by atoms with Crippen LogP contribution >= 0.6 is 11.3 Å². The number of carbonyl (C=O) groups is 2. The van der Waals surface area contributed by atoms with Crippen LogP contribution in [0.25, 0.3) is 32.5 Å². The Hall–Kier alpha value is -4.25. The van der Waals surface area contributed by atoms with Crippen molar-refractivity contribution in [2.45, 2.75) is 26.4 Å². The molecule has 0 bridgehead atoms. The number of nitrogens with zero attached hydrogens (tertiary/aromatic N) is 4. The number of benzene rings is 1. The fourth-order valence-corrected chi connectivity index (χ4v) is 4.83. The van der Waals surface area contributed by atoms with Gasteiger partial charge in [-0.15, -0.1) is 11.3 Å². The molecule has 0 fully saturated rings. The standard InChI is InChI=1S/C23H21N7O3S/c1-2-29-16-12-17-14(11-15(16)27-23(29)33)26-22(30(17)10-7-20(24)31)28-21(32)19-4-3-18(34-19)13-5-8-25-9-6-13/h3-6,8-9,11-12H,2,7,10H2,1H3,(H2,24,31)(H,27,33)(H,26,28,32). The lowest BCUT2D eigenvalue weighted by Gasteiger charge is -2.09. The monoisotopic (exact) mass is 475 g/mol. The molecular weight excluding hydrogens is 454 g/mol. The maximum absolute atomic E-state index is 13.0. The van der Waals surface area contributed by atoms with Crippen LogP contribution in [0.2, 0.25) is 0 Å². The Labute approximate surface area is 197 Å². The largest absolute Gasteiger partial charge is 0.370 e. The van der Waals surface area contributed by atoms with Gasteiger partial charge in [-0.25, -0.2) is 9.78 Å². The summed E-state index contributed by atoms with van der Waals surface area (Å²) in [6.07, 6.45) is 3.48. The summed E-state index contributed by atoms with van der Waals surface area (Å²) in [5, 5.41) is 2.87. The number of nitrogens with one attached hydrogen (secondary N) is 2. The van der Waals surface area contributed by atoms with Gasteiger partial charge in [0.25, 0.3) is 5.91 Å². The highest BCUT2D eigenvalue weighted by Gasteiger charge is 2.18. The topological polar surface area (TPSA) is 141 Å². The second-order valence-electron chi connectivity index (χ2n) is 7.69. The maximum Gasteiger partial charge on any atom is 0.326 e. The molecule has 0 saturated carbocycles. The van der Waals surface area contributed by atoms with E-state index in [4.69, 9.17) is 5.73 Å². The van der Waals surface area contributed by atoms with Gasteiger partial charge in [0, 0.05) is 36.8 Å². The Morgan fingerprint density at radius 1 is 1.12 bits per heavy atom. The minimum absolute atomic E-state index is 0.0747. The summed E-state index contributed by atoms with van der Waals surface area (Å²) in [5.41, 5.74) is 8.80. The molecule has 0 aliphatic rings. The number of anilines is 1. The number of pyridine rings is 1. The van der Waals surface area contributed by atoms with Gasteiger partial charge < -0.3 is 15.3 Å². The van der Waals surface area contributed by atoms with Crippen molar-refractivity contribution in [2.24, 2.45) is 5.73 Å². The lowest BCUT2D eigenvalue weighted by molar-refractivity contribution is -0.118. The molecule has 4 heterocycles. The molecular formula is C23H21N7O3S.